The standard InChI is InChI=1S/C13H27NOS.ClH/c1-10(2)8-9-12(15)13(14)16-11-6-4-3-5-7-11;/h10-13,15H,3-9,14H2,1-2H3;1H. The second kappa shape index (κ2) is 9.48. The Morgan fingerprint density at radius 2 is 1.76 bits per heavy atom. The molecule has 1 aliphatic carbocycles. The maximum atomic E-state index is 9.95. The monoisotopic (exact) mass is 281 g/mol. The summed E-state index contributed by atoms with van der Waals surface area (Å²) in [5.74, 6) is 0.654. The zero-order chi connectivity index (χ0) is 12.0. The van der Waals surface area contributed by atoms with Crippen molar-refractivity contribution in [3.8, 4) is 0 Å². The normalized spacial score (nSPS) is 21.0. The number of rotatable bonds is 6. The van der Waals surface area contributed by atoms with Gasteiger partial charge in [0.25, 0.3) is 0 Å². The Morgan fingerprint density at radius 1 is 1.18 bits per heavy atom. The number of aliphatic hydroxyl groups is 1. The van der Waals surface area contributed by atoms with Crippen LogP contribution in [0.25, 0.3) is 0 Å². The first kappa shape index (κ1) is 17.6. The average molecular weight is 282 g/mol. The fourth-order valence-electron chi connectivity index (χ4n) is 2.18. The van der Waals surface area contributed by atoms with Gasteiger partial charge in [0.1, 0.15) is 0 Å². The van der Waals surface area contributed by atoms with E-state index in [1.165, 1.54) is 32.1 Å². The predicted molar refractivity (Wildman–Crippen MR) is 79.8 cm³/mol. The minimum atomic E-state index is -0.325. The topological polar surface area (TPSA) is 46.2 Å². The summed E-state index contributed by atoms with van der Waals surface area (Å²) in [5.41, 5.74) is 6.05. The highest BCUT2D eigenvalue weighted by molar-refractivity contribution is 8.00. The summed E-state index contributed by atoms with van der Waals surface area (Å²) in [5, 5.41) is 10.6. The van der Waals surface area contributed by atoms with Crippen LogP contribution in [-0.4, -0.2) is 21.8 Å². The molecule has 1 fully saturated rings. The number of thioether (sulfide) groups is 1. The molecule has 2 nitrogen and oxygen atoms in total. The second-order valence-electron chi connectivity index (χ2n) is 5.40. The van der Waals surface area contributed by atoms with Crippen molar-refractivity contribution in [3.63, 3.8) is 0 Å². The zero-order valence-electron chi connectivity index (χ0n) is 11.1. The summed E-state index contributed by atoms with van der Waals surface area (Å²) in [6, 6.07) is 0. The first-order valence-electron chi connectivity index (χ1n) is 6.68. The largest absolute Gasteiger partial charge is 0.391 e. The molecule has 2 unspecified atom stereocenters. The van der Waals surface area contributed by atoms with Crippen LogP contribution in [0, 0.1) is 5.92 Å². The lowest BCUT2D eigenvalue weighted by atomic mass is 10.0. The van der Waals surface area contributed by atoms with Gasteiger partial charge in [-0.15, -0.1) is 24.2 Å². The molecule has 0 radical (unpaired) electrons. The van der Waals surface area contributed by atoms with E-state index < -0.39 is 0 Å². The van der Waals surface area contributed by atoms with Gasteiger partial charge in [-0.25, -0.2) is 0 Å². The molecule has 0 spiro atoms. The fourth-order valence-corrected chi connectivity index (χ4v) is 3.55. The molecule has 2 atom stereocenters. The zero-order valence-corrected chi connectivity index (χ0v) is 12.7. The van der Waals surface area contributed by atoms with E-state index in [4.69, 9.17) is 5.73 Å². The summed E-state index contributed by atoms with van der Waals surface area (Å²) >= 11 is 1.81. The highest BCUT2D eigenvalue weighted by Gasteiger charge is 2.21. The molecule has 0 saturated heterocycles. The van der Waals surface area contributed by atoms with Crippen LogP contribution in [0.4, 0.5) is 0 Å². The number of nitrogens with two attached hydrogens (primary N) is 1. The SMILES string of the molecule is CC(C)CCC(O)C(N)SC1CCCCC1.Cl. The van der Waals surface area contributed by atoms with Crippen molar-refractivity contribution in [3.05, 3.63) is 0 Å². The molecular weight excluding hydrogens is 254 g/mol. The predicted octanol–water partition coefficient (Wildman–Crippen LogP) is 3.56. The Hall–Kier alpha value is 0.560. The number of halogens is 1. The second-order valence-corrected chi connectivity index (χ2v) is 6.88. The van der Waals surface area contributed by atoms with Gasteiger partial charge in [0, 0.05) is 5.25 Å². The van der Waals surface area contributed by atoms with E-state index >= 15 is 0 Å². The van der Waals surface area contributed by atoms with E-state index in [1.807, 2.05) is 11.8 Å². The summed E-state index contributed by atoms with van der Waals surface area (Å²) in [6.45, 7) is 4.37. The third kappa shape index (κ3) is 7.55. The van der Waals surface area contributed by atoms with Gasteiger partial charge in [-0.1, -0.05) is 33.1 Å². The van der Waals surface area contributed by atoms with Crippen LogP contribution < -0.4 is 5.73 Å². The summed E-state index contributed by atoms with van der Waals surface area (Å²) in [4.78, 5) is 0. The van der Waals surface area contributed by atoms with Gasteiger partial charge in [0.05, 0.1) is 11.5 Å². The number of hydrogen-bond donors (Lipinski definition) is 2. The Morgan fingerprint density at radius 3 is 2.29 bits per heavy atom. The molecule has 3 N–H and O–H groups in total. The van der Waals surface area contributed by atoms with E-state index in [0.717, 1.165) is 12.8 Å². The molecule has 1 aliphatic rings. The van der Waals surface area contributed by atoms with Crippen molar-refractivity contribution in [1.29, 1.82) is 0 Å². The first-order valence-corrected chi connectivity index (χ1v) is 7.63. The highest BCUT2D eigenvalue weighted by Crippen LogP contribution is 2.31. The van der Waals surface area contributed by atoms with Crippen LogP contribution >= 0.6 is 24.2 Å². The van der Waals surface area contributed by atoms with Crippen molar-refractivity contribution < 1.29 is 5.11 Å². The molecule has 0 aromatic rings. The van der Waals surface area contributed by atoms with Gasteiger partial charge in [-0.05, 0) is 31.6 Å². The highest BCUT2D eigenvalue weighted by atomic mass is 35.5. The molecule has 0 aromatic carbocycles. The first-order chi connectivity index (χ1) is 7.59. The lowest BCUT2D eigenvalue weighted by Crippen LogP contribution is -2.34. The maximum absolute atomic E-state index is 9.95. The van der Waals surface area contributed by atoms with Crippen LogP contribution in [0.15, 0.2) is 0 Å². The van der Waals surface area contributed by atoms with Crippen LogP contribution in [0.2, 0.25) is 0 Å². The van der Waals surface area contributed by atoms with Gasteiger partial charge in [-0.3, -0.25) is 0 Å². The Balaban J connectivity index is 0.00000256. The van der Waals surface area contributed by atoms with Gasteiger partial charge in [0.15, 0.2) is 0 Å². The molecule has 17 heavy (non-hydrogen) atoms. The fraction of sp³-hybridized carbons (Fsp3) is 1.00. The molecule has 1 rings (SSSR count). The molecule has 4 heteroatoms. The van der Waals surface area contributed by atoms with Crippen molar-refractivity contribution in [2.75, 3.05) is 0 Å². The Bertz CT molecular complexity index is 186. The van der Waals surface area contributed by atoms with E-state index in [0.29, 0.717) is 11.2 Å². The third-order valence-electron chi connectivity index (χ3n) is 3.32. The molecule has 0 amide bonds. The van der Waals surface area contributed by atoms with E-state index in [2.05, 4.69) is 13.8 Å². The van der Waals surface area contributed by atoms with E-state index in [9.17, 15) is 5.11 Å². The van der Waals surface area contributed by atoms with Gasteiger partial charge >= 0.3 is 0 Å². The Labute approximate surface area is 117 Å². The van der Waals surface area contributed by atoms with Crippen LogP contribution in [0.1, 0.15) is 58.8 Å². The van der Waals surface area contributed by atoms with Crippen molar-refractivity contribution >= 4 is 24.2 Å². The van der Waals surface area contributed by atoms with E-state index in [1.54, 1.807) is 0 Å². The van der Waals surface area contributed by atoms with Crippen LogP contribution in [-0.2, 0) is 0 Å². The molecular formula is C13H28ClNOS. The van der Waals surface area contributed by atoms with Crippen molar-refractivity contribution in [2.24, 2.45) is 11.7 Å². The number of hydrogen-bond acceptors (Lipinski definition) is 3. The summed E-state index contributed by atoms with van der Waals surface area (Å²) < 4.78 is 0. The lowest BCUT2D eigenvalue weighted by Gasteiger charge is -2.27. The lowest BCUT2D eigenvalue weighted by molar-refractivity contribution is 0.154. The van der Waals surface area contributed by atoms with Crippen molar-refractivity contribution in [1.82, 2.24) is 0 Å². The summed E-state index contributed by atoms with van der Waals surface area (Å²) in [7, 11) is 0. The molecule has 0 aliphatic heterocycles. The minimum Gasteiger partial charge on any atom is -0.391 e. The Kier molecular flexibility index (Phi) is 9.80. The van der Waals surface area contributed by atoms with E-state index in [-0.39, 0.29) is 23.9 Å². The molecule has 1 saturated carbocycles. The van der Waals surface area contributed by atoms with Gasteiger partial charge in [-0.2, -0.15) is 0 Å². The quantitative estimate of drug-likeness (QED) is 0.732. The van der Waals surface area contributed by atoms with Gasteiger partial charge in [0.2, 0.25) is 0 Å². The molecule has 104 valence electrons. The summed E-state index contributed by atoms with van der Waals surface area (Å²) in [6.07, 6.45) is 8.22. The smallest absolute Gasteiger partial charge is 0.0784 e. The maximum Gasteiger partial charge on any atom is 0.0784 e. The molecule has 0 aromatic heterocycles. The van der Waals surface area contributed by atoms with Gasteiger partial charge < -0.3 is 10.8 Å². The van der Waals surface area contributed by atoms with Crippen molar-refractivity contribution in [2.45, 2.75) is 75.5 Å². The minimum absolute atomic E-state index is 0. The molecule has 0 bridgehead atoms. The third-order valence-corrected chi connectivity index (χ3v) is 4.81. The average Bonchev–Trinajstić information content (AvgIpc) is 2.27. The number of aliphatic hydroxyl groups excluding tert-OH is 1. The van der Waals surface area contributed by atoms with Crippen LogP contribution in [0.5, 0.6) is 0 Å². The van der Waals surface area contributed by atoms with Crippen LogP contribution in [0.3, 0.4) is 0 Å². The molecule has 0 heterocycles.